The first-order chi connectivity index (χ1) is 6.87. The first-order valence-corrected chi connectivity index (χ1v) is 5.52. The van der Waals surface area contributed by atoms with Gasteiger partial charge in [-0.1, -0.05) is 12.2 Å². The van der Waals surface area contributed by atoms with Crippen LogP contribution < -0.4 is 5.32 Å². The van der Waals surface area contributed by atoms with Crippen LogP contribution in [0.3, 0.4) is 0 Å². The van der Waals surface area contributed by atoms with E-state index < -0.39 is 0 Å². The van der Waals surface area contributed by atoms with E-state index in [9.17, 15) is 4.79 Å². The van der Waals surface area contributed by atoms with Gasteiger partial charge < -0.3 is 10.1 Å². The molecule has 1 aliphatic carbocycles. The fourth-order valence-corrected chi connectivity index (χ4v) is 1.69. The van der Waals surface area contributed by atoms with Gasteiger partial charge in [0.05, 0.1) is 0 Å². The molecule has 0 aliphatic heterocycles. The summed E-state index contributed by atoms with van der Waals surface area (Å²) in [7, 11) is 0. The van der Waals surface area contributed by atoms with E-state index in [1.165, 1.54) is 5.57 Å². The van der Waals surface area contributed by atoms with Gasteiger partial charge in [-0.2, -0.15) is 0 Å². The summed E-state index contributed by atoms with van der Waals surface area (Å²) >= 11 is 0. The number of hydrogen-bond donors (Lipinski definition) is 1. The fourth-order valence-electron chi connectivity index (χ4n) is 1.69. The summed E-state index contributed by atoms with van der Waals surface area (Å²) in [5.41, 5.74) is 0.956. The lowest BCUT2D eigenvalue weighted by Crippen LogP contribution is -2.42. The molecule has 86 valence electrons. The van der Waals surface area contributed by atoms with Crippen molar-refractivity contribution in [3.05, 3.63) is 12.2 Å². The van der Waals surface area contributed by atoms with Crippen LogP contribution in [-0.2, 0) is 4.74 Å². The monoisotopic (exact) mass is 211 g/mol. The average Bonchev–Trinajstić information content (AvgIpc) is 1.99. The second-order valence-electron chi connectivity index (χ2n) is 5.25. The predicted octanol–water partition coefficient (Wildman–Crippen LogP) is 3.01. The number of hydrogen-bond acceptors (Lipinski definition) is 2. The van der Waals surface area contributed by atoms with Crippen molar-refractivity contribution in [1.82, 2.24) is 5.32 Å². The molecule has 1 unspecified atom stereocenters. The van der Waals surface area contributed by atoms with Gasteiger partial charge in [-0.3, -0.25) is 0 Å². The summed E-state index contributed by atoms with van der Waals surface area (Å²) in [6.07, 6.45) is 3.62. The van der Waals surface area contributed by atoms with E-state index in [-0.39, 0.29) is 17.7 Å². The number of nitrogens with one attached hydrogen (secondary N) is 1. The molecule has 0 heterocycles. The molecule has 15 heavy (non-hydrogen) atoms. The topological polar surface area (TPSA) is 38.3 Å². The van der Waals surface area contributed by atoms with Gasteiger partial charge in [-0.25, -0.2) is 4.79 Å². The molecule has 1 saturated carbocycles. The third-order valence-electron chi connectivity index (χ3n) is 2.32. The number of amides is 1. The van der Waals surface area contributed by atoms with Crippen molar-refractivity contribution in [3.8, 4) is 0 Å². The van der Waals surface area contributed by atoms with Gasteiger partial charge >= 0.3 is 6.09 Å². The highest BCUT2D eigenvalue weighted by Crippen LogP contribution is 2.24. The van der Waals surface area contributed by atoms with Crippen molar-refractivity contribution in [3.63, 3.8) is 0 Å². The van der Waals surface area contributed by atoms with Crippen LogP contribution in [-0.4, -0.2) is 17.7 Å². The lowest BCUT2D eigenvalue weighted by atomic mass is 9.94. The van der Waals surface area contributed by atoms with Gasteiger partial charge in [0.2, 0.25) is 0 Å². The average molecular weight is 211 g/mol. The zero-order valence-corrected chi connectivity index (χ0v) is 9.93. The summed E-state index contributed by atoms with van der Waals surface area (Å²) in [6, 6.07) is 0. The van der Waals surface area contributed by atoms with Crippen LogP contribution in [0.1, 0.15) is 46.5 Å². The highest BCUT2D eigenvalue weighted by atomic mass is 16.6. The molecule has 1 amide bonds. The molecule has 0 radical (unpaired) electrons. The summed E-state index contributed by atoms with van der Waals surface area (Å²) in [4.78, 5) is 11.5. The van der Waals surface area contributed by atoms with Gasteiger partial charge in [0, 0.05) is 12.0 Å². The predicted molar refractivity (Wildman–Crippen MR) is 60.8 cm³/mol. The molecule has 3 heteroatoms. The molecular formula is C12H21NO2. The minimum Gasteiger partial charge on any atom is -0.446 e. The van der Waals surface area contributed by atoms with Crippen LogP contribution >= 0.6 is 0 Å². The Balaban J connectivity index is 2.34. The zero-order chi connectivity index (χ0) is 11.5. The van der Waals surface area contributed by atoms with Crippen molar-refractivity contribution in [2.75, 3.05) is 0 Å². The largest absolute Gasteiger partial charge is 0.446 e. The van der Waals surface area contributed by atoms with E-state index >= 15 is 0 Å². The Morgan fingerprint density at radius 1 is 1.53 bits per heavy atom. The molecule has 1 fully saturated rings. The van der Waals surface area contributed by atoms with E-state index in [1.807, 2.05) is 20.8 Å². The van der Waals surface area contributed by atoms with Gasteiger partial charge in [-0.05, 0) is 40.0 Å². The molecule has 3 nitrogen and oxygen atoms in total. The maximum Gasteiger partial charge on any atom is 0.407 e. The van der Waals surface area contributed by atoms with Gasteiger partial charge in [0.25, 0.3) is 0 Å². The minimum atomic E-state index is -0.317. The number of carbonyl (C=O) groups is 1. The fraction of sp³-hybridized carbons (Fsp3) is 0.750. The molecule has 1 rings (SSSR count). The third kappa shape index (κ3) is 4.86. The first kappa shape index (κ1) is 12.1. The van der Waals surface area contributed by atoms with Crippen LogP contribution in [0.5, 0.6) is 0 Å². The molecule has 0 aromatic heterocycles. The minimum absolute atomic E-state index is 0.0219. The van der Waals surface area contributed by atoms with Crippen LogP contribution in [0.2, 0.25) is 0 Å². The first-order valence-electron chi connectivity index (χ1n) is 5.52. The Morgan fingerprint density at radius 3 is 2.73 bits per heavy atom. The normalized spacial score (nSPS) is 22.3. The second kappa shape index (κ2) is 4.69. The van der Waals surface area contributed by atoms with Gasteiger partial charge in [0.1, 0.15) is 6.10 Å². The zero-order valence-electron chi connectivity index (χ0n) is 9.93. The Bertz CT molecular complexity index is 253. The Labute approximate surface area is 91.9 Å². The summed E-state index contributed by atoms with van der Waals surface area (Å²) in [6.45, 7) is 9.75. The smallest absolute Gasteiger partial charge is 0.407 e. The molecule has 0 spiro atoms. The highest BCUT2D eigenvalue weighted by Gasteiger charge is 2.22. The number of alkyl carbamates (subject to hydrolysis) is 1. The maximum absolute atomic E-state index is 11.5. The standard InChI is InChI=1S/C12H21NO2/c1-9-6-5-7-10(8-9)15-11(14)13-12(2,3)4/h10H,1,5-8H2,2-4H3,(H,13,14). The van der Waals surface area contributed by atoms with Crippen molar-refractivity contribution in [2.24, 2.45) is 0 Å². The summed E-state index contributed by atoms with van der Waals surface area (Å²) < 4.78 is 5.33. The van der Waals surface area contributed by atoms with Gasteiger partial charge in [-0.15, -0.1) is 0 Å². The van der Waals surface area contributed by atoms with Crippen molar-refractivity contribution < 1.29 is 9.53 Å². The number of rotatable bonds is 1. The molecule has 1 atom stereocenters. The maximum atomic E-state index is 11.5. The Morgan fingerprint density at radius 2 is 2.20 bits per heavy atom. The van der Waals surface area contributed by atoms with Crippen LogP contribution in [0.4, 0.5) is 4.79 Å². The Kier molecular flexibility index (Phi) is 3.77. The molecule has 1 N–H and O–H groups in total. The lowest BCUT2D eigenvalue weighted by Gasteiger charge is -2.26. The molecule has 0 bridgehead atoms. The number of carbonyl (C=O) groups excluding carboxylic acids is 1. The van der Waals surface area contributed by atoms with Gasteiger partial charge in [0.15, 0.2) is 0 Å². The van der Waals surface area contributed by atoms with E-state index in [2.05, 4.69) is 11.9 Å². The molecule has 0 aromatic carbocycles. The SMILES string of the molecule is C=C1CCCC(OC(=O)NC(C)(C)C)C1. The summed E-state index contributed by atoms with van der Waals surface area (Å²) in [5, 5.41) is 2.79. The highest BCUT2D eigenvalue weighted by molar-refractivity contribution is 5.68. The van der Waals surface area contributed by atoms with Crippen LogP contribution in [0, 0.1) is 0 Å². The molecule has 0 aromatic rings. The molecular weight excluding hydrogens is 190 g/mol. The third-order valence-corrected chi connectivity index (χ3v) is 2.32. The van der Waals surface area contributed by atoms with Crippen molar-refractivity contribution >= 4 is 6.09 Å². The van der Waals surface area contributed by atoms with Crippen molar-refractivity contribution in [2.45, 2.75) is 58.1 Å². The van der Waals surface area contributed by atoms with Crippen LogP contribution in [0.15, 0.2) is 12.2 Å². The van der Waals surface area contributed by atoms with E-state index in [0.29, 0.717) is 0 Å². The number of ether oxygens (including phenoxy) is 1. The van der Waals surface area contributed by atoms with E-state index in [1.54, 1.807) is 0 Å². The lowest BCUT2D eigenvalue weighted by molar-refractivity contribution is 0.0798. The van der Waals surface area contributed by atoms with Crippen molar-refractivity contribution in [1.29, 1.82) is 0 Å². The quantitative estimate of drug-likeness (QED) is 0.677. The van der Waals surface area contributed by atoms with Crippen LogP contribution in [0.25, 0.3) is 0 Å². The molecule has 1 aliphatic rings. The van der Waals surface area contributed by atoms with E-state index in [4.69, 9.17) is 4.74 Å². The Hall–Kier alpha value is -0.990. The van der Waals surface area contributed by atoms with E-state index in [0.717, 1.165) is 25.7 Å². The molecule has 0 saturated heterocycles. The second-order valence-corrected chi connectivity index (χ2v) is 5.25. The summed E-state index contributed by atoms with van der Waals surface area (Å²) in [5.74, 6) is 0.